The number of anilines is 1. The first-order valence-electron chi connectivity index (χ1n) is 8.43. The molecule has 3 nitrogen and oxygen atoms in total. The van der Waals surface area contributed by atoms with Crippen LogP contribution in [0.2, 0.25) is 5.02 Å². The lowest BCUT2D eigenvalue weighted by atomic mass is 10.2. The highest BCUT2D eigenvalue weighted by Gasteiger charge is 2.15. The van der Waals surface area contributed by atoms with Gasteiger partial charge >= 0.3 is 0 Å². The predicted molar refractivity (Wildman–Crippen MR) is 98.9 cm³/mol. The zero-order valence-electron chi connectivity index (χ0n) is 13.7. The number of ether oxygens (including phenoxy) is 1. The maximum absolute atomic E-state index is 13.9. The molecule has 0 unspecified atom stereocenters. The second-order valence-electron chi connectivity index (χ2n) is 6.18. The van der Waals surface area contributed by atoms with Crippen molar-refractivity contribution in [1.29, 1.82) is 0 Å². The summed E-state index contributed by atoms with van der Waals surface area (Å²) in [7, 11) is 0. The van der Waals surface area contributed by atoms with E-state index in [1.165, 1.54) is 18.9 Å². The summed E-state index contributed by atoms with van der Waals surface area (Å²) in [6.07, 6.45) is 2.40. The van der Waals surface area contributed by atoms with Crippen molar-refractivity contribution in [2.75, 3.05) is 18.0 Å². The van der Waals surface area contributed by atoms with Crippen molar-refractivity contribution in [3.63, 3.8) is 0 Å². The Kier molecular flexibility index (Phi) is 4.45. The van der Waals surface area contributed by atoms with Crippen molar-refractivity contribution in [2.45, 2.75) is 19.4 Å². The van der Waals surface area contributed by atoms with Crippen LogP contribution in [0.3, 0.4) is 0 Å². The molecule has 2 aromatic carbocycles. The molecule has 1 saturated heterocycles. The Hall–Kier alpha value is -2.33. The third-order valence-corrected chi connectivity index (χ3v) is 4.89. The van der Waals surface area contributed by atoms with Crippen LogP contribution < -0.4 is 9.64 Å². The molecule has 0 saturated carbocycles. The number of pyridine rings is 1. The van der Waals surface area contributed by atoms with Crippen LogP contribution in [-0.2, 0) is 6.61 Å². The summed E-state index contributed by atoms with van der Waals surface area (Å²) < 4.78 is 19.8. The summed E-state index contributed by atoms with van der Waals surface area (Å²) in [6.45, 7) is 2.14. The minimum Gasteiger partial charge on any atom is -0.486 e. The van der Waals surface area contributed by atoms with Gasteiger partial charge in [0.05, 0.1) is 5.02 Å². The van der Waals surface area contributed by atoms with Gasteiger partial charge < -0.3 is 9.64 Å². The Morgan fingerprint density at radius 2 is 1.84 bits per heavy atom. The molecule has 3 aromatic rings. The molecular formula is C20H18ClFN2O. The van der Waals surface area contributed by atoms with E-state index in [0.717, 1.165) is 29.8 Å². The number of fused-ring (bicyclic) bond motifs is 1. The predicted octanol–water partition coefficient (Wildman–Crippen LogP) is 5.21. The highest BCUT2D eigenvalue weighted by Crippen LogP contribution is 2.29. The number of aromatic nitrogens is 1. The first-order valence-corrected chi connectivity index (χ1v) is 8.80. The monoisotopic (exact) mass is 356 g/mol. The van der Waals surface area contributed by atoms with Gasteiger partial charge in [0.25, 0.3) is 0 Å². The summed E-state index contributed by atoms with van der Waals surface area (Å²) in [5.41, 5.74) is 1.15. The molecule has 2 heterocycles. The number of hydrogen-bond acceptors (Lipinski definition) is 3. The van der Waals surface area contributed by atoms with E-state index in [-0.39, 0.29) is 12.4 Å². The summed E-state index contributed by atoms with van der Waals surface area (Å²) in [6, 6.07) is 14.5. The van der Waals surface area contributed by atoms with E-state index in [1.54, 1.807) is 12.1 Å². The van der Waals surface area contributed by atoms with Gasteiger partial charge in [0.1, 0.15) is 29.5 Å². The molecule has 1 aliphatic heterocycles. The van der Waals surface area contributed by atoms with Crippen molar-refractivity contribution in [3.8, 4) is 5.75 Å². The molecule has 1 fully saturated rings. The molecule has 0 spiro atoms. The molecule has 0 aliphatic carbocycles. The highest BCUT2D eigenvalue weighted by atomic mass is 35.5. The lowest BCUT2D eigenvalue weighted by Gasteiger charge is -2.17. The molecule has 1 aromatic heterocycles. The van der Waals surface area contributed by atoms with Crippen molar-refractivity contribution in [3.05, 3.63) is 64.9 Å². The van der Waals surface area contributed by atoms with Crippen LogP contribution >= 0.6 is 11.6 Å². The number of hydrogen-bond donors (Lipinski definition) is 0. The molecule has 0 N–H and O–H groups in total. The van der Waals surface area contributed by atoms with E-state index in [2.05, 4.69) is 11.0 Å². The van der Waals surface area contributed by atoms with Gasteiger partial charge in [-0.2, -0.15) is 0 Å². The highest BCUT2D eigenvalue weighted by molar-refractivity contribution is 6.31. The number of halogens is 2. The first-order chi connectivity index (χ1) is 12.2. The smallest absolute Gasteiger partial charge is 0.146 e. The fraction of sp³-hybridized carbons (Fsp3) is 0.250. The third-order valence-electron chi connectivity index (χ3n) is 4.53. The van der Waals surface area contributed by atoms with E-state index in [4.69, 9.17) is 21.3 Å². The van der Waals surface area contributed by atoms with Gasteiger partial charge in [-0.15, -0.1) is 0 Å². The quantitative estimate of drug-likeness (QED) is 0.642. The molecule has 5 heteroatoms. The van der Waals surface area contributed by atoms with Gasteiger partial charge in [-0.1, -0.05) is 29.8 Å². The van der Waals surface area contributed by atoms with Crippen LogP contribution in [0.25, 0.3) is 10.9 Å². The Morgan fingerprint density at radius 3 is 2.64 bits per heavy atom. The van der Waals surface area contributed by atoms with Crippen LogP contribution in [-0.4, -0.2) is 18.1 Å². The Labute approximate surface area is 151 Å². The molecular weight excluding hydrogens is 339 g/mol. The maximum atomic E-state index is 13.9. The lowest BCUT2D eigenvalue weighted by molar-refractivity contribution is 0.303. The first kappa shape index (κ1) is 16.2. The van der Waals surface area contributed by atoms with E-state index in [9.17, 15) is 4.39 Å². The average molecular weight is 357 g/mol. The Bertz CT molecular complexity index is 889. The molecule has 0 radical (unpaired) electrons. The van der Waals surface area contributed by atoms with Crippen LogP contribution in [0, 0.1) is 5.82 Å². The number of rotatable bonds is 4. The van der Waals surface area contributed by atoms with E-state index < -0.39 is 0 Å². The molecule has 4 rings (SSSR count). The molecule has 25 heavy (non-hydrogen) atoms. The molecule has 128 valence electrons. The van der Waals surface area contributed by atoms with Crippen molar-refractivity contribution >= 4 is 28.3 Å². The van der Waals surface area contributed by atoms with Gasteiger partial charge in [-0.3, -0.25) is 0 Å². The second-order valence-corrected chi connectivity index (χ2v) is 6.59. The third kappa shape index (κ3) is 3.27. The van der Waals surface area contributed by atoms with Crippen molar-refractivity contribution in [1.82, 2.24) is 4.98 Å². The topological polar surface area (TPSA) is 25.4 Å². The Balaban J connectivity index is 1.65. The zero-order chi connectivity index (χ0) is 17.2. The summed E-state index contributed by atoms with van der Waals surface area (Å²) >= 11 is 6.08. The SMILES string of the molecule is Fc1cccc(Cl)c1COc1cccc2ccc(N3CCCC3)nc12. The number of para-hydroxylation sites is 1. The van der Waals surface area contributed by atoms with Crippen LogP contribution in [0.1, 0.15) is 18.4 Å². The summed E-state index contributed by atoms with van der Waals surface area (Å²) in [5, 5.41) is 1.37. The average Bonchev–Trinajstić information content (AvgIpc) is 3.16. The van der Waals surface area contributed by atoms with Crippen LogP contribution in [0.5, 0.6) is 5.75 Å². The maximum Gasteiger partial charge on any atom is 0.146 e. The van der Waals surface area contributed by atoms with E-state index >= 15 is 0 Å². The fourth-order valence-electron chi connectivity index (χ4n) is 3.17. The molecule has 0 atom stereocenters. The number of nitrogens with zero attached hydrogens (tertiary/aromatic N) is 2. The van der Waals surface area contributed by atoms with Crippen molar-refractivity contribution < 1.29 is 9.13 Å². The largest absolute Gasteiger partial charge is 0.486 e. The standard InChI is InChI=1S/C20H18ClFN2O/c21-16-6-4-7-17(22)15(16)13-25-18-8-3-5-14-9-10-19(23-20(14)18)24-11-1-2-12-24/h3-10H,1-2,11-13H2. The normalized spacial score (nSPS) is 14.2. The minimum atomic E-state index is -0.363. The second kappa shape index (κ2) is 6.89. The van der Waals surface area contributed by atoms with E-state index in [0.29, 0.717) is 16.3 Å². The molecule has 0 amide bonds. The zero-order valence-corrected chi connectivity index (χ0v) is 14.5. The van der Waals surface area contributed by atoms with Gasteiger partial charge in [-0.05, 0) is 43.2 Å². The molecule has 1 aliphatic rings. The summed E-state index contributed by atoms with van der Waals surface area (Å²) in [4.78, 5) is 7.07. The van der Waals surface area contributed by atoms with E-state index in [1.807, 2.05) is 24.3 Å². The van der Waals surface area contributed by atoms with Crippen LogP contribution in [0.15, 0.2) is 48.5 Å². The number of benzene rings is 2. The summed E-state index contributed by atoms with van der Waals surface area (Å²) in [5.74, 6) is 1.24. The van der Waals surface area contributed by atoms with Crippen LogP contribution in [0.4, 0.5) is 10.2 Å². The molecule has 0 bridgehead atoms. The lowest BCUT2D eigenvalue weighted by Crippen LogP contribution is -2.18. The van der Waals surface area contributed by atoms with Crippen molar-refractivity contribution in [2.24, 2.45) is 0 Å². The van der Waals surface area contributed by atoms with Gasteiger partial charge in [0, 0.05) is 24.0 Å². The minimum absolute atomic E-state index is 0.0697. The van der Waals surface area contributed by atoms with Gasteiger partial charge in [-0.25, -0.2) is 9.37 Å². The fourth-order valence-corrected chi connectivity index (χ4v) is 3.39. The van der Waals surface area contributed by atoms with Gasteiger partial charge in [0.2, 0.25) is 0 Å². The Morgan fingerprint density at radius 1 is 1.04 bits per heavy atom. The van der Waals surface area contributed by atoms with Gasteiger partial charge in [0.15, 0.2) is 0 Å².